The number of amides is 3. The summed E-state index contributed by atoms with van der Waals surface area (Å²) in [6.45, 7) is 3.14. The van der Waals surface area contributed by atoms with E-state index >= 15 is 0 Å². The largest absolute Gasteiger partial charge is 0.331 e. The summed E-state index contributed by atoms with van der Waals surface area (Å²) in [6.07, 6.45) is 0. The third-order valence-corrected chi connectivity index (χ3v) is 2.49. The lowest BCUT2D eigenvalue weighted by Gasteiger charge is -2.15. The lowest BCUT2D eigenvalue weighted by atomic mass is 10.1. The Kier molecular flexibility index (Phi) is 5.09. The summed E-state index contributed by atoms with van der Waals surface area (Å²) in [4.78, 5) is 22.6. The molecule has 1 aromatic rings. The van der Waals surface area contributed by atoms with Gasteiger partial charge in [0.05, 0.1) is 6.04 Å². The fraction of sp³-hybridized carbons (Fsp3) is 0.333. The predicted molar refractivity (Wildman–Crippen MR) is 66.8 cm³/mol. The van der Waals surface area contributed by atoms with Crippen LogP contribution in [0.2, 0.25) is 0 Å². The maximum absolute atomic E-state index is 13.0. The van der Waals surface area contributed by atoms with Crippen molar-refractivity contribution in [2.24, 2.45) is 0 Å². The Morgan fingerprint density at radius 3 is 2.56 bits per heavy atom. The molecule has 0 aromatic heterocycles. The van der Waals surface area contributed by atoms with Crippen molar-refractivity contribution in [3.05, 3.63) is 35.6 Å². The number of hydrogen-bond acceptors (Lipinski definition) is 2. The Hall–Kier alpha value is -1.62. The van der Waals surface area contributed by atoms with Gasteiger partial charge in [-0.25, -0.2) is 9.18 Å². The van der Waals surface area contributed by atoms with Crippen molar-refractivity contribution in [1.29, 1.82) is 0 Å². The standard InChI is InChI=1S/C12H14ClFN2O2/c1-7(13)11(17)16-12(18)15-8(2)9-4-3-5-10(14)6-9/h3-8H,1-2H3,(H2,15,16,17,18). The summed E-state index contributed by atoms with van der Waals surface area (Å²) < 4.78 is 13.0. The summed E-state index contributed by atoms with van der Waals surface area (Å²) in [5, 5.41) is 3.80. The molecule has 0 fully saturated rings. The quantitative estimate of drug-likeness (QED) is 0.830. The van der Waals surface area contributed by atoms with Gasteiger partial charge in [0.25, 0.3) is 0 Å². The first kappa shape index (κ1) is 14.4. The zero-order valence-electron chi connectivity index (χ0n) is 10.0. The summed E-state index contributed by atoms with van der Waals surface area (Å²) in [5.74, 6) is -0.965. The molecule has 3 amide bonds. The Morgan fingerprint density at radius 2 is 2.00 bits per heavy atom. The van der Waals surface area contributed by atoms with E-state index in [9.17, 15) is 14.0 Å². The summed E-state index contributed by atoms with van der Waals surface area (Å²) in [6, 6.07) is 4.78. The number of urea groups is 1. The van der Waals surface area contributed by atoms with E-state index in [4.69, 9.17) is 11.6 Å². The maximum atomic E-state index is 13.0. The van der Waals surface area contributed by atoms with Crippen molar-refractivity contribution in [3.63, 3.8) is 0 Å². The van der Waals surface area contributed by atoms with Gasteiger partial charge in [-0.15, -0.1) is 11.6 Å². The van der Waals surface area contributed by atoms with Crippen LogP contribution in [-0.2, 0) is 4.79 Å². The summed E-state index contributed by atoms with van der Waals surface area (Å²) >= 11 is 5.51. The molecule has 0 saturated heterocycles. The van der Waals surface area contributed by atoms with E-state index in [0.29, 0.717) is 5.56 Å². The highest BCUT2D eigenvalue weighted by Gasteiger charge is 2.15. The van der Waals surface area contributed by atoms with Crippen molar-refractivity contribution >= 4 is 23.5 Å². The van der Waals surface area contributed by atoms with E-state index in [1.807, 2.05) is 0 Å². The number of hydrogen-bond donors (Lipinski definition) is 2. The highest BCUT2D eigenvalue weighted by atomic mass is 35.5. The Bertz CT molecular complexity index is 451. The molecule has 0 aliphatic carbocycles. The van der Waals surface area contributed by atoms with Gasteiger partial charge in [-0.05, 0) is 31.5 Å². The topological polar surface area (TPSA) is 58.2 Å². The molecule has 98 valence electrons. The van der Waals surface area contributed by atoms with E-state index in [-0.39, 0.29) is 5.82 Å². The first-order valence-corrected chi connectivity index (χ1v) is 5.84. The maximum Gasteiger partial charge on any atom is 0.321 e. The molecule has 0 saturated carbocycles. The van der Waals surface area contributed by atoms with E-state index in [1.165, 1.54) is 19.1 Å². The predicted octanol–water partition coefficient (Wildman–Crippen LogP) is 2.34. The highest BCUT2D eigenvalue weighted by Crippen LogP contribution is 2.13. The van der Waals surface area contributed by atoms with Crippen LogP contribution in [0.5, 0.6) is 0 Å². The van der Waals surface area contributed by atoms with Crippen LogP contribution in [0.3, 0.4) is 0 Å². The normalized spacial score (nSPS) is 13.6. The van der Waals surface area contributed by atoms with Gasteiger partial charge in [0.1, 0.15) is 11.2 Å². The van der Waals surface area contributed by atoms with E-state index in [1.54, 1.807) is 19.1 Å². The molecule has 0 spiro atoms. The van der Waals surface area contributed by atoms with Crippen LogP contribution < -0.4 is 10.6 Å². The Balaban J connectivity index is 2.57. The van der Waals surface area contributed by atoms with Crippen molar-refractivity contribution in [3.8, 4) is 0 Å². The summed E-state index contributed by atoms with van der Waals surface area (Å²) in [7, 11) is 0. The van der Waals surface area contributed by atoms with Gasteiger partial charge >= 0.3 is 6.03 Å². The van der Waals surface area contributed by atoms with Crippen LogP contribution in [0, 0.1) is 5.82 Å². The number of halogens is 2. The van der Waals surface area contributed by atoms with Crippen molar-refractivity contribution in [1.82, 2.24) is 10.6 Å². The molecule has 4 nitrogen and oxygen atoms in total. The lowest BCUT2D eigenvalue weighted by Crippen LogP contribution is -2.43. The van der Waals surface area contributed by atoms with Crippen molar-refractivity contribution in [2.75, 3.05) is 0 Å². The number of alkyl halides is 1. The number of carbonyl (C=O) groups excluding carboxylic acids is 2. The second kappa shape index (κ2) is 6.35. The average Bonchev–Trinajstić information content (AvgIpc) is 2.28. The van der Waals surface area contributed by atoms with E-state index < -0.39 is 23.4 Å². The molecule has 0 bridgehead atoms. The minimum Gasteiger partial charge on any atom is -0.331 e. The zero-order chi connectivity index (χ0) is 13.7. The van der Waals surface area contributed by atoms with Crippen LogP contribution >= 0.6 is 11.6 Å². The smallest absolute Gasteiger partial charge is 0.321 e. The van der Waals surface area contributed by atoms with Crippen LogP contribution in [0.1, 0.15) is 25.5 Å². The van der Waals surface area contributed by atoms with E-state index in [0.717, 1.165) is 0 Å². The molecule has 2 atom stereocenters. The number of benzene rings is 1. The van der Waals surface area contributed by atoms with Crippen LogP contribution in [0.25, 0.3) is 0 Å². The van der Waals surface area contributed by atoms with Gasteiger partial charge in [-0.3, -0.25) is 10.1 Å². The third-order valence-electron chi connectivity index (χ3n) is 2.29. The first-order valence-electron chi connectivity index (χ1n) is 5.41. The molecule has 0 aliphatic rings. The number of rotatable bonds is 3. The molecular formula is C12H14ClFN2O2. The molecule has 1 rings (SSSR count). The van der Waals surface area contributed by atoms with Gasteiger partial charge < -0.3 is 5.32 Å². The zero-order valence-corrected chi connectivity index (χ0v) is 10.8. The number of imide groups is 1. The molecule has 0 aliphatic heterocycles. The SMILES string of the molecule is CC(Cl)C(=O)NC(=O)NC(C)c1cccc(F)c1. The molecule has 2 N–H and O–H groups in total. The number of nitrogens with one attached hydrogen (secondary N) is 2. The molecule has 2 unspecified atom stereocenters. The molecular weight excluding hydrogens is 259 g/mol. The third kappa shape index (κ3) is 4.33. The number of carbonyl (C=O) groups is 2. The minimum atomic E-state index is -0.791. The Morgan fingerprint density at radius 1 is 1.33 bits per heavy atom. The van der Waals surface area contributed by atoms with Crippen molar-refractivity contribution < 1.29 is 14.0 Å². The molecule has 0 heterocycles. The second-order valence-corrected chi connectivity index (χ2v) is 4.51. The highest BCUT2D eigenvalue weighted by molar-refractivity contribution is 6.31. The first-order chi connectivity index (χ1) is 8.40. The fourth-order valence-electron chi connectivity index (χ4n) is 1.30. The molecule has 18 heavy (non-hydrogen) atoms. The molecule has 1 aromatic carbocycles. The van der Waals surface area contributed by atoms with Gasteiger partial charge in [0, 0.05) is 0 Å². The second-order valence-electron chi connectivity index (χ2n) is 3.86. The Labute approximate surface area is 110 Å². The van der Waals surface area contributed by atoms with Crippen LogP contribution in [0.4, 0.5) is 9.18 Å². The molecule has 0 radical (unpaired) electrons. The van der Waals surface area contributed by atoms with Gasteiger partial charge in [-0.1, -0.05) is 12.1 Å². The molecule has 6 heteroatoms. The summed E-state index contributed by atoms with van der Waals surface area (Å²) in [5.41, 5.74) is 0.608. The minimum absolute atomic E-state index is 0.382. The van der Waals surface area contributed by atoms with Gasteiger partial charge in [0.15, 0.2) is 0 Å². The average molecular weight is 273 g/mol. The van der Waals surface area contributed by atoms with Crippen LogP contribution in [-0.4, -0.2) is 17.3 Å². The van der Waals surface area contributed by atoms with Gasteiger partial charge in [-0.2, -0.15) is 0 Å². The van der Waals surface area contributed by atoms with E-state index in [2.05, 4.69) is 10.6 Å². The monoisotopic (exact) mass is 272 g/mol. The lowest BCUT2D eigenvalue weighted by molar-refractivity contribution is -0.119. The fourth-order valence-corrected chi connectivity index (χ4v) is 1.36. The van der Waals surface area contributed by atoms with Crippen molar-refractivity contribution in [2.45, 2.75) is 25.3 Å². The van der Waals surface area contributed by atoms with Crippen LogP contribution in [0.15, 0.2) is 24.3 Å². The van der Waals surface area contributed by atoms with Gasteiger partial charge in [0.2, 0.25) is 5.91 Å².